The van der Waals surface area contributed by atoms with E-state index in [1.54, 1.807) is 12.1 Å². The maximum Gasteiger partial charge on any atom is 0.272 e. The lowest BCUT2D eigenvalue weighted by Gasteiger charge is -2.29. The summed E-state index contributed by atoms with van der Waals surface area (Å²) in [6.07, 6.45) is 2.04. The van der Waals surface area contributed by atoms with Crippen molar-refractivity contribution in [2.45, 2.75) is 19.8 Å². The number of amides is 1. The average molecular weight is 261 g/mol. The van der Waals surface area contributed by atoms with Crippen LogP contribution < -0.4 is 0 Å². The molecular weight excluding hydrogens is 245 g/mol. The lowest BCUT2D eigenvalue weighted by Crippen LogP contribution is -2.38. The Balaban J connectivity index is 1.92. The van der Waals surface area contributed by atoms with Crippen molar-refractivity contribution in [1.82, 2.24) is 15.1 Å². The fraction of sp³-hybridized carbons (Fsp3) is 0.429. The minimum atomic E-state index is -0.403. The van der Waals surface area contributed by atoms with Crippen molar-refractivity contribution in [2.75, 3.05) is 13.1 Å². The second-order valence-corrected chi connectivity index (χ2v) is 5.21. The first-order chi connectivity index (χ1) is 9.16. The maximum absolute atomic E-state index is 13.5. The summed E-state index contributed by atoms with van der Waals surface area (Å²) in [5.74, 6) is 0.181. The van der Waals surface area contributed by atoms with Crippen molar-refractivity contribution in [1.29, 1.82) is 0 Å². The van der Waals surface area contributed by atoms with Crippen LogP contribution in [-0.4, -0.2) is 34.1 Å². The number of carbonyl (C=O) groups excluding carboxylic acids is 1. The normalized spacial score (nSPS) is 17.1. The molecule has 1 fully saturated rings. The van der Waals surface area contributed by atoms with E-state index in [2.05, 4.69) is 17.1 Å². The standard InChI is InChI=1S/C14H16FN3O/c1-9-5-7-18(8-6-9)14(19)13-10-3-2-4-11(15)12(10)16-17-13/h2-4,9H,5-8H2,1H3,(H,16,17). The topological polar surface area (TPSA) is 49.0 Å². The molecule has 4 nitrogen and oxygen atoms in total. The summed E-state index contributed by atoms with van der Waals surface area (Å²) in [6.45, 7) is 3.72. The number of halogens is 1. The average Bonchev–Trinajstić information content (AvgIpc) is 2.84. The Morgan fingerprint density at radius 1 is 1.42 bits per heavy atom. The van der Waals surface area contributed by atoms with Gasteiger partial charge in [0.1, 0.15) is 11.2 Å². The summed E-state index contributed by atoms with van der Waals surface area (Å²) in [5.41, 5.74) is 0.625. The predicted molar refractivity (Wildman–Crippen MR) is 70.4 cm³/mol. The van der Waals surface area contributed by atoms with E-state index in [-0.39, 0.29) is 11.4 Å². The van der Waals surface area contributed by atoms with E-state index in [9.17, 15) is 9.18 Å². The van der Waals surface area contributed by atoms with Gasteiger partial charge in [-0.25, -0.2) is 4.39 Å². The van der Waals surface area contributed by atoms with Crippen LogP contribution in [0.1, 0.15) is 30.3 Å². The molecule has 0 saturated carbocycles. The molecule has 3 rings (SSSR count). The number of H-pyrrole nitrogens is 1. The molecule has 5 heteroatoms. The minimum absolute atomic E-state index is 0.0833. The second kappa shape index (κ2) is 4.64. The van der Waals surface area contributed by atoms with Gasteiger partial charge in [0.25, 0.3) is 5.91 Å². The fourth-order valence-electron chi connectivity index (χ4n) is 2.54. The Bertz CT molecular complexity index is 614. The number of piperidine rings is 1. The molecule has 0 aliphatic carbocycles. The number of hydrogen-bond acceptors (Lipinski definition) is 2. The lowest BCUT2D eigenvalue weighted by atomic mass is 9.99. The van der Waals surface area contributed by atoms with E-state index < -0.39 is 5.82 Å². The van der Waals surface area contributed by atoms with Crippen LogP contribution in [0.5, 0.6) is 0 Å². The first-order valence-electron chi connectivity index (χ1n) is 6.58. The van der Waals surface area contributed by atoms with Crippen LogP contribution in [0.15, 0.2) is 18.2 Å². The van der Waals surface area contributed by atoms with Gasteiger partial charge in [-0.2, -0.15) is 5.10 Å². The number of carbonyl (C=O) groups is 1. The quantitative estimate of drug-likeness (QED) is 0.857. The molecule has 2 aromatic rings. The number of rotatable bonds is 1. The van der Waals surface area contributed by atoms with E-state index in [0.29, 0.717) is 17.0 Å². The van der Waals surface area contributed by atoms with E-state index in [4.69, 9.17) is 0 Å². The summed E-state index contributed by atoms with van der Waals surface area (Å²) >= 11 is 0. The molecule has 1 aliphatic heterocycles. The summed E-state index contributed by atoms with van der Waals surface area (Å²) < 4.78 is 13.5. The Hall–Kier alpha value is -1.91. The first kappa shape index (κ1) is 12.1. The van der Waals surface area contributed by atoms with Crippen molar-refractivity contribution in [3.05, 3.63) is 29.7 Å². The smallest absolute Gasteiger partial charge is 0.272 e. The Morgan fingerprint density at radius 2 is 2.16 bits per heavy atom. The Morgan fingerprint density at radius 3 is 2.89 bits per heavy atom. The summed E-state index contributed by atoms with van der Waals surface area (Å²) in [4.78, 5) is 14.2. The highest BCUT2D eigenvalue weighted by Gasteiger charge is 2.24. The van der Waals surface area contributed by atoms with Crippen LogP contribution in [0.2, 0.25) is 0 Å². The van der Waals surface area contributed by atoms with Crippen LogP contribution in [-0.2, 0) is 0 Å². The summed E-state index contributed by atoms with van der Waals surface area (Å²) in [7, 11) is 0. The minimum Gasteiger partial charge on any atom is -0.337 e. The van der Waals surface area contributed by atoms with Crippen molar-refractivity contribution >= 4 is 16.8 Å². The number of fused-ring (bicyclic) bond motifs is 1. The molecule has 0 atom stereocenters. The van der Waals surface area contributed by atoms with Crippen molar-refractivity contribution in [3.63, 3.8) is 0 Å². The molecule has 0 unspecified atom stereocenters. The SMILES string of the molecule is CC1CCN(C(=O)c2[nH]nc3c(F)cccc23)CC1. The summed E-state index contributed by atoms with van der Waals surface area (Å²) in [5, 5.41) is 7.14. The molecule has 0 bridgehead atoms. The molecule has 1 amide bonds. The third-order valence-corrected chi connectivity index (χ3v) is 3.82. The van der Waals surface area contributed by atoms with Gasteiger partial charge in [-0.05, 0) is 24.8 Å². The van der Waals surface area contributed by atoms with Crippen LogP contribution in [0.25, 0.3) is 10.9 Å². The van der Waals surface area contributed by atoms with E-state index >= 15 is 0 Å². The molecule has 1 N–H and O–H groups in total. The highest BCUT2D eigenvalue weighted by atomic mass is 19.1. The van der Waals surface area contributed by atoms with Crippen molar-refractivity contribution in [3.8, 4) is 0 Å². The van der Waals surface area contributed by atoms with E-state index in [1.807, 2.05) is 4.90 Å². The largest absolute Gasteiger partial charge is 0.337 e. The van der Waals surface area contributed by atoms with Gasteiger partial charge in [-0.15, -0.1) is 0 Å². The molecule has 0 radical (unpaired) electrons. The van der Waals surface area contributed by atoms with Crippen molar-refractivity contribution in [2.24, 2.45) is 5.92 Å². The van der Waals surface area contributed by atoms with Gasteiger partial charge in [-0.3, -0.25) is 9.89 Å². The van der Waals surface area contributed by atoms with Gasteiger partial charge >= 0.3 is 0 Å². The fourth-order valence-corrected chi connectivity index (χ4v) is 2.54. The molecule has 100 valence electrons. The number of aromatic amines is 1. The number of hydrogen-bond donors (Lipinski definition) is 1. The van der Waals surface area contributed by atoms with E-state index in [0.717, 1.165) is 25.9 Å². The summed E-state index contributed by atoms with van der Waals surface area (Å²) in [6, 6.07) is 4.67. The van der Waals surface area contributed by atoms with E-state index in [1.165, 1.54) is 6.07 Å². The predicted octanol–water partition coefficient (Wildman–Crippen LogP) is 2.57. The Kier molecular flexibility index (Phi) is 2.97. The van der Waals surface area contributed by atoms with Gasteiger partial charge in [0, 0.05) is 18.5 Å². The molecule has 0 spiro atoms. The maximum atomic E-state index is 13.5. The van der Waals surface area contributed by atoms with Gasteiger partial charge in [0.15, 0.2) is 5.82 Å². The zero-order valence-electron chi connectivity index (χ0n) is 10.8. The third kappa shape index (κ3) is 2.09. The number of benzene rings is 1. The second-order valence-electron chi connectivity index (χ2n) is 5.21. The van der Waals surface area contributed by atoms with Gasteiger partial charge < -0.3 is 4.90 Å². The third-order valence-electron chi connectivity index (χ3n) is 3.82. The molecule has 1 aromatic carbocycles. The molecule has 1 aliphatic rings. The molecule has 19 heavy (non-hydrogen) atoms. The van der Waals surface area contributed by atoms with Gasteiger partial charge in [-0.1, -0.05) is 19.1 Å². The van der Waals surface area contributed by atoms with Crippen LogP contribution >= 0.6 is 0 Å². The first-order valence-corrected chi connectivity index (χ1v) is 6.58. The van der Waals surface area contributed by atoms with Gasteiger partial charge in [0.2, 0.25) is 0 Å². The number of aromatic nitrogens is 2. The zero-order chi connectivity index (χ0) is 13.4. The van der Waals surface area contributed by atoms with Crippen LogP contribution in [0, 0.1) is 11.7 Å². The lowest BCUT2D eigenvalue weighted by molar-refractivity contribution is 0.0693. The number of nitrogens with zero attached hydrogens (tertiary/aromatic N) is 2. The van der Waals surface area contributed by atoms with Crippen LogP contribution in [0.3, 0.4) is 0 Å². The number of likely N-dealkylation sites (tertiary alicyclic amines) is 1. The molecular formula is C14H16FN3O. The highest BCUT2D eigenvalue weighted by molar-refractivity contribution is 6.04. The zero-order valence-corrected chi connectivity index (χ0v) is 10.8. The molecule has 2 heterocycles. The number of nitrogens with one attached hydrogen (secondary N) is 1. The monoisotopic (exact) mass is 261 g/mol. The van der Waals surface area contributed by atoms with Crippen molar-refractivity contribution < 1.29 is 9.18 Å². The van der Waals surface area contributed by atoms with Gasteiger partial charge in [0.05, 0.1) is 0 Å². The molecule has 1 aromatic heterocycles. The van der Waals surface area contributed by atoms with Crippen LogP contribution in [0.4, 0.5) is 4.39 Å². The highest BCUT2D eigenvalue weighted by Crippen LogP contribution is 2.22. The number of para-hydroxylation sites is 1. The Labute approximate surface area is 110 Å². The molecule has 1 saturated heterocycles.